The molecular formula is C26H27N3O2. The fourth-order valence-electron chi connectivity index (χ4n) is 3.57. The number of nitriles is 1. The van der Waals surface area contributed by atoms with Gasteiger partial charge in [-0.3, -0.25) is 4.79 Å². The average Bonchev–Trinajstić information content (AvgIpc) is 3.05. The third kappa shape index (κ3) is 5.23. The summed E-state index contributed by atoms with van der Waals surface area (Å²) < 4.78 is 2.13. The molecule has 0 atom stereocenters. The quantitative estimate of drug-likeness (QED) is 0.297. The van der Waals surface area contributed by atoms with Crippen molar-refractivity contribution in [2.75, 3.05) is 5.32 Å². The monoisotopic (exact) mass is 413 g/mol. The summed E-state index contributed by atoms with van der Waals surface area (Å²) in [5.41, 5.74) is 5.73. The molecule has 3 rings (SSSR count). The number of anilines is 1. The van der Waals surface area contributed by atoms with E-state index in [1.807, 2.05) is 26.0 Å². The van der Waals surface area contributed by atoms with Crippen molar-refractivity contribution in [3.8, 4) is 17.5 Å². The number of nitrogens with zero attached hydrogens (tertiary/aromatic N) is 2. The Morgan fingerprint density at radius 3 is 2.42 bits per heavy atom. The van der Waals surface area contributed by atoms with Crippen LogP contribution in [0.2, 0.25) is 0 Å². The van der Waals surface area contributed by atoms with Crippen LogP contribution in [0.3, 0.4) is 0 Å². The van der Waals surface area contributed by atoms with Crippen molar-refractivity contribution in [3.63, 3.8) is 0 Å². The van der Waals surface area contributed by atoms with Crippen LogP contribution in [0.5, 0.6) is 5.75 Å². The predicted octanol–water partition coefficient (Wildman–Crippen LogP) is 5.69. The van der Waals surface area contributed by atoms with Crippen molar-refractivity contribution in [1.82, 2.24) is 4.57 Å². The van der Waals surface area contributed by atoms with Crippen molar-refractivity contribution >= 4 is 17.7 Å². The van der Waals surface area contributed by atoms with Gasteiger partial charge < -0.3 is 15.0 Å². The van der Waals surface area contributed by atoms with E-state index in [0.717, 1.165) is 29.1 Å². The summed E-state index contributed by atoms with van der Waals surface area (Å²) in [6.07, 6.45) is 5.05. The van der Waals surface area contributed by atoms with Crippen LogP contribution in [0.1, 0.15) is 42.3 Å². The molecule has 5 nitrogen and oxygen atoms in total. The van der Waals surface area contributed by atoms with Crippen LogP contribution in [0.4, 0.5) is 5.69 Å². The molecule has 0 aliphatic carbocycles. The second-order valence-electron chi connectivity index (χ2n) is 7.60. The van der Waals surface area contributed by atoms with Gasteiger partial charge in [-0.15, -0.1) is 0 Å². The molecule has 158 valence electrons. The molecule has 1 aromatic heterocycles. The standard InChI is InChI=1S/C26H27N3O2/c1-4-5-6-20-7-11-24(12-8-20)29-18(2)15-21(19(29)3)16-22(17-27)26(31)28-23-9-13-25(30)14-10-23/h7-16,30H,4-6H2,1-3H3,(H,28,31)/b22-16-. The maximum atomic E-state index is 12.6. The third-order valence-corrected chi connectivity index (χ3v) is 5.27. The fourth-order valence-corrected chi connectivity index (χ4v) is 3.57. The van der Waals surface area contributed by atoms with Crippen LogP contribution < -0.4 is 5.32 Å². The molecule has 1 amide bonds. The first kappa shape index (κ1) is 21.9. The summed E-state index contributed by atoms with van der Waals surface area (Å²) in [4.78, 5) is 12.6. The van der Waals surface area contributed by atoms with E-state index < -0.39 is 5.91 Å². The first-order chi connectivity index (χ1) is 14.9. The first-order valence-corrected chi connectivity index (χ1v) is 10.4. The van der Waals surface area contributed by atoms with Gasteiger partial charge in [-0.2, -0.15) is 5.26 Å². The molecule has 3 aromatic rings. The van der Waals surface area contributed by atoms with Crippen molar-refractivity contribution in [3.05, 3.63) is 82.7 Å². The van der Waals surface area contributed by atoms with E-state index in [4.69, 9.17) is 0 Å². The number of carbonyl (C=O) groups is 1. The number of aromatic nitrogens is 1. The van der Waals surface area contributed by atoms with Crippen LogP contribution in [0.15, 0.2) is 60.2 Å². The lowest BCUT2D eigenvalue weighted by Crippen LogP contribution is -2.13. The molecule has 1 heterocycles. The molecule has 0 bridgehead atoms. The van der Waals surface area contributed by atoms with Crippen molar-refractivity contribution < 1.29 is 9.90 Å². The number of amides is 1. The minimum Gasteiger partial charge on any atom is -0.508 e. The van der Waals surface area contributed by atoms with Gasteiger partial charge in [-0.05, 0) is 86.4 Å². The lowest BCUT2D eigenvalue weighted by Gasteiger charge is -2.11. The van der Waals surface area contributed by atoms with E-state index in [1.165, 1.54) is 30.5 Å². The Morgan fingerprint density at radius 2 is 1.81 bits per heavy atom. The number of carbonyl (C=O) groups excluding carboxylic acids is 1. The number of aromatic hydroxyl groups is 1. The number of nitrogens with one attached hydrogen (secondary N) is 1. The highest BCUT2D eigenvalue weighted by Crippen LogP contribution is 2.24. The summed E-state index contributed by atoms with van der Waals surface area (Å²) in [6, 6.07) is 18.6. The third-order valence-electron chi connectivity index (χ3n) is 5.27. The highest BCUT2D eigenvalue weighted by atomic mass is 16.3. The van der Waals surface area contributed by atoms with Gasteiger partial charge in [0.1, 0.15) is 17.4 Å². The lowest BCUT2D eigenvalue weighted by molar-refractivity contribution is -0.112. The van der Waals surface area contributed by atoms with Crippen LogP contribution in [-0.4, -0.2) is 15.6 Å². The summed E-state index contributed by atoms with van der Waals surface area (Å²) >= 11 is 0. The second-order valence-corrected chi connectivity index (χ2v) is 7.60. The average molecular weight is 414 g/mol. The highest BCUT2D eigenvalue weighted by molar-refractivity contribution is 6.09. The Labute approximate surface area is 183 Å². The second kappa shape index (κ2) is 9.82. The summed E-state index contributed by atoms with van der Waals surface area (Å²) in [5.74, 6) is -0.377. The van der Waals surface area contributed by atoms with E-state index in [9.17, 15) is 15.2 Å². The summed E-state index contributed by atoms with van der Waals surface area (Å²) in [5, 5.41) is 21.6. The van der Waals surface area contributed by atoms with Gasteiger partial charge in [-0.1, -0.05) is 25.5 Å². The first-order valence-electron chi connectivity index (χ1n) is 10.4. The number of hydrogen-bond acceptors (Lipinski definition) is 3. The van der Waals surface area contributed by atoms with Crippen molar-refractivity contribution in [2.24, 2.45) is 0 Å². The normalized spacial score (nSPS) is 11.2. The number of phenols is 1. The van der Waals surface area contributed by atoms with Gasteiger partial charge in [-0.25, -0.2) is 0 Å². The Hall–Kier alpha value is -3.78. The molecule has 2 N–H and O–H groups in total. The molecule has 2 aromatic carbocycles. The molecule has 0 aliphatic heterocycles. The van der Waals surface area contributed by atoms with Gasteiger partial charge in [0.25, 0.3) is 5.91 Å². The largest absolute Gasteiger partial charge is 0.508 e. The minimum atomic E-state index is -0.488. The van der Waals surface area contributed by atoms with E-state index in [1.54, 1.807) is 18.2 Å². The molecule has 0 aliphatic rings. The number of benzene rings is 2. The number of hydrogen-bond donors (Lipinski definition) is 2. The van der Waals surface area contributed by atoms with Crippen molar-refractivity contribution in [2.45, 2.75) is 40.0 Å². The van der Waals surface area contributed by atoms with Gasteiger partial charge in [0, 0.05) is 22.8 Å². The molecule has 0 fully saturated rings. The van der Waals surface area contributed by atoms with Crippen LogP contribution in [-0.2, 0) is 11.2 Å². The van der Waals surface area contributed by atoms with Crippen LogP contribution in [0, 0.1) is 25.2 Å². The van der Waals surface area contributed by atoms with E-state index in [-0.39, 0.29) is 11.3 Å². The highest BCUT2D eigenvalue weighted by Gasteiger charge is 2.14. The van der Waals surface area contributed by atoms with Gasteiger partial charge in [0.15, 0.2) is 0 Å². The molecule has 5 heteroatoms. The molecule has 0 saturated heterocycles. The SMILES string of the molecule is CCCCc1ccc(-n2c(C)cc(/C=C(/C#N)C(=O)Nc3ccc(O)cc3)c2C)cc1. The summed E-state index contributed by atoms with van der Waals surface area (Å²) in [7, 11) is 0. The van der Waals surface area contributed by atoms with Gasteiger partial charge in [0.05, 0.1) is 0 Å². The maximum absolute atomic E-state index is 12.6. The molecule has 0 radical (unpaired) electrons. The minimum absolute atomic E-state index is 0.0169. The van der Waals surface area contributed by atoms with Gasteiger partial charge >= 0.3 is 0 Å². The van der Waals surface area contributed by atoms with E-state index in [0.29, 0.717) is 5.69 Å². The Morgan fingerprint density at radius 1 is 1.13 bits per heavy atom. The maximum Gasteiger partial charge on any atom is 0.266 e. The van der Waals surface area contributed by atoms with E-state index >= 15 is 0 Å². The fraction of sp³-hybridized carbons (Fsp3) is 0.231. The lowest BCUT2D eigenvalue weighted by atomic mass is 10.1. The smallest absolute Gasteiger partial charge is 0.266 e. The van der Waals surface area contributed by atoms with Crippen molar-refractivity contribution in [1.29, 1.82) is 5.26 Å². The zero-order valence-corrected chi connectivity index (χ0v) is 18.1. The van der Waals surface area contributed by atoms with Crippen LogP contribution >= 0.6 is 0 Å². The number of unbranched alkanes of at least 4 members (excludes halogenated alkanes) is 1. The molecule has 0 saturated carbocycles. The van der Waals surface area contributed by atoms with Gasteiger partial charge in [0.2, 0.25) is 0 Å². The Balaban J connectivity index is 1.85. The predicted molar refractivity (Wildman–Crippen MR) is 124 cm³/mol. The van der Waals surface area contributed by atoms with Crippen LogP contribution in [0.25, 0.3) is 11.8 Å². The molecule has 0 unspecified atom stereocenters. The zero-order valence-electron chi connectivity index (χ0n) is 18.1. The topological polar surface area (TPSA) is 78.0 Å². The molecular weight excluding hydrogens is 386 g/mol. The summed E-state index contributed by atoms with van der Waals surface area (Å²) in [6.45, 7) is 6.19. The Kier molecular flexibility index (Phi) is 6.94. The number of phenolic OH excluding ortho intramolecular Hbond substituents is 1. The molecule has 31 heavy (non-hydrogen) atoms. The number of aryl methyl sites for hydroxylation is 2. The zero-order chi connectivity index (χ0) is 22.4. The van der Waals surface area contributed by atoms with E-state index in [2.05, 4.69) is 41.1 Å². The number of rotatable bonds is 7. The molecule has 0 spiro atoms. The Bertz CT molecular complexity index is 1130.